The van der Waals surface area contributed by atoms with Crippen LogP contribution < -0.4 is 0 Å². The van der Waals surface area contributed by atoms with Crippen LogP contribution in [0.5, 0.6) is 0 Å². The van der Waals surface area contributed by atoms with Crippen molar-refractivity contribution in [3.8, 4) is 44.9 Å². The lowest BCUT2D eigenvalue weighted by molar-refractivity contribution is 0.661. The SMILES string of the molecule is CC1(C)c2cc(-c3ccc4ccncc4c3)ccc2-c2ccc(-c3nc(-c4cccc5ccccc45)nc4ccccc34)cc21. The van der Waals surface area contributed by atoms with Gasteiger partial charge in [0.25, 0.3) is 0 Å². The molecule has 0 atom stereocenters. The van der Waals surface area contributed by atoms with E-state index in [4.69, 9.17) is 9.97 Å². The van der Waals surface area contributed by atoms with Gasteiger partial charge < -0.3 is 0 Å². The molecule has 2 aromatic heterocycles. The molecular formula is C42H29N3. The second-order valence-electron chi connectivity index (χ2n) is 12.5. The van der Waals surface area contributed by atoms with Crippen molar-refractivity contribution in [2.75, 3.05) is 0 Å². The maximum Gasteiger partial charge on any atom is 0.161 e. The summed E-state index contributed by atoms with van der Waals surface area (Å²) in [7, 11) is 0. The first-order valence-electron chi connectivity index (χ1n) is 15.4. The Morgan fingerprint density at radius 2 is 1.18 bits per heavy atom. The number of hydrogen-bond donors (Lipinski definition) is 0. The molecule has 8 aromatic rings. The topological polar surface area (TPSA) is 38.7 Å². The monoisotopic (exact) mass is 575 g/mol. The molecule has 9 rings (SSSR count). The lowest BCUT2D eigenvalue weighted by Gasteiger charge is -2.23. The van der Waals surface area contributed by atoms with Crippen molar-refractivity contribution in [1.82, 2.24) is 15.0 Å². The van der Waals surface area contributed by atoms with Gasteiger partial charge in [0.2, 0.25) is 0 Å². The maximum atomic E-state index is 5.28. The van der Waals surface area contributed by atoms with Crippen LogP contribution in [0.2, 0.25) is 0 Å². The third-order valence-corrected chi connectivity index (χ3v) is 9.56. The van der Waals surface area contributed by atoms with E-state index in [9.17, 15) is 0 Å². The Morgan fingerprint density at radius 1 is 0.489 bits per heavy atom. The average Bonchev–Trinajstić information content (AvgIpc) is 3.32. The van der Waals surface area contributed by atoms with Crippen molar-refractivity contribution in [3.63, 3.8) is 0 Å². The predicted molar refractivity (Wildman–Crippen MR) is 186 cm³/mol. The molecule has 0 aliphatic heterocycles. The summed E-state index contributed by atoms with van der Waals surface area (Å²) in [5, 5.41) is 5.76. The predicted octanol–water partition coefficient (Wildman–Crippen LogP) is 10.6. The van der Waals surface area contributed by atoms with E-state index in [1.54, 1.807) is 0 Å². The highest BCUT2D eigenvalue weighted by atomic mass is 14.9. The third-order valence-electron chi connectivity index (χ3n) is 9.56. The highest BCUT2D eigenvalue weighted by Gasteiger charge is 2.36. The zero-order chi connectivity index (χ0) is 30.1. The van der Waals surface area contributed by atoms with Crippen LogP contribution in [0.1, 0.15) is 25.0 Å². The van der Waals surface area contributed by atoms with Crippen molar-refractivity contribution in [2.24, 2.45) is 0 Å². The molecule has 0 saturated heterocycles. The molecule has 0 unspecified atom stereocenters. The molecule has 0 saturated carbocycles. The van der Waals surface area contributed by atoms with Crippen molar-refractivity contribution >= 4 is 32.4 Å². The number of aromatic nitrogens is 3. The fourth-order valence-electron chi connectivity index (χ4n) is 7.17. The molecule has 0 fully saturated rings. The number of rotatable bonds is 3. The molecule has 0 spiro atoms. The number of hydrogen-bond acceptors (Lipinski definition) is 3. The largest absolute Gasteiger partial charge is 0.264 e. The van der Waals surface area contributed by atoms with Gasteiger partial charge in [0.1, 0.15) is 0 Å². The lowest BCUT2D eigenvalue weighted by atomic mass is 9.81. The highest BCUT2D eigenvalue weighted by molar-refractivity contribution is 5.99. The van der Waals surface area contributed by atoms with Gasteiger partial charge >= 0.3 is 0 Å². The fourth-order valence-corrected chi connectivity index (χ4v) is 7.17. The lowest BCUT2D eigenvalue weighted by Crippen LogP contribution is -2.15. The molecule has 1 aliphatic rings. The number of pyridine rings is 1. The quantitative estimate of drug-likeness (QED) is 0.210. The van der Waals surface area contributed by atoms with E-state index in [0.29, 0.717) is 0 Å². The van der Waals surface area contributed by atoms with E-state index in [2.05, 4.69) is 146 Å². The summed E-state index contributed by atoms with van der Waals surface area (Å²) < 4.78 is 0. The zero-order valence-electron chi connectivity index (χ0n) is 25.1. The van der Waals surface area contributed by atoms with Crippen LogP contribution in [0, 0.1) is 0 Å². The molecule has 3 heteroatoms. The van der Waals surface area contributed by atoms with Crippen molar-refractivity contribution in [1.29, 1.82) is 0 Å². The molecular weight excluding hydrogens is 546 g/mol. The maximum absolute atomic E-state index is 5.28. The number of fused-ring (bicyclic) bond motifs is 6. The summed E-state index contributed by atoms with van der Waals surface area (Å²) in [5.74, 6) is 0.749. The van der Waals surface area contributed by atoms with Gasteiger partial charge in [-0.25, -0.2) is 9.97 Å². The van der Waals surface area contributed by atoms with Crippen LogP contribution in [-0.2, 0) is 5.41 Å². The Labute approximate surface area is 261 Å². The molecule has 1 aliphatic carbocycles. The molecule has 2 heterocycles. The van der Waals surface area contributed by atoms with Crippen LogP contribution in [0.15, 0.2) is 140 Å². The Morgan fingerprint density at radius 3 is 2.04 bits per heavy atom. The minimum atomic E-state index is -0.170. The third kappa shape index (κ3) is 4.01. The number of benzene rings is 6. The molecule has 6 aromatic carbocycles. The summed E-state index contributed by atoms with van der Waals surface area (Å²) in [4.78, 5) is 14.7. The van der Waals surface area contributed by atoms with E-state index in [1.165, 1.54) is 44.2 Å². The van der Waals surface area contributed by atoms with Gasteiger partial charge in [0, 0.05) is 39.7 Å². The van der Waals surface area contributed by atoms with Crippen LogP contribution >= 0.6 is 0 Å². The Balaban J connectivity index is 1.18. The van der Waals surface area contributed by atoms with Crippen molar-refractivity contribution in [2.45, 2.75) is 19.3 Å². The van der Waals surface area contributed by atoms with E-state index in [1.807, 2.05) is 12.4 Å². The van der Waals surface area contributed by atoms with Crippen LogP contribution in [0.3, 0.4) is 0 Å². The van der Waals surface area contributed by atoms with Crippen molar-refractivity contribution < 1.29 is 0 Å². The first-order chi connectivity index (χ1) is 22.0. The summed E-state index contributed by atoms with van der Waals surface area (Å²) in [6.07, 6.45) is 3.79. The van der Waals surface area contributed by atoms with Gasteiger partial charge in [0.05, 0.1) is 11.2 Å². The summed E-state index contributed by atoms with van der Waals surface area (Å²) in [5.41, 5.74) is 11.6. The first kappa shape index (κ1) is 25.8. The Kier molecular flexibility index (Phi) is 5.54. The van der Waals surface area contributed by atoms with E-state index >= 15 is 0 Å². The second kappa shape index (κ2) is 9.67. The summed E-state index contributed by atoms with van der Waals surface area (Å²) in [6.45, 7) is 4.68. The Hall–Kier alpha value is -5.67. The molecule has 0 N–H and O–H groups in total. The van der Waals surface area contributed by atoms with Crippen molar-refractivity contribution in [3.05, 3.63) is 151 Å². The minimum absolute atomic E-state index is 0.170. The Bertz CT molecular complexity index is 2470. The summed E-state index contributed by atoms with van der Waals surface area (Å²) >= 11 is 0. The molecule has 0 bridgehead atoms. The van der Waals surface area contributed by atoms with Gasteiger partial charge in [-0.1, -0.05) is 111 Å². The van der Waals surface area contributed by atoms with Gasteiger partial charge in [-0.3, -0.25) is 4.98 Å². The number of nitrogens with zero attached hydrogens (tertiary/aromatic N) is 3. The minimum Gasteiger partial charge on any atom is -0.264 e. The normalized spacial score (nSPS) is 13.3. The smallest absolute Gasteiger partial charge is 0.161 e. The first-order valence-corrected chi connectivity index (χ1v) is 15.4. The number of para-hydroxylation sites is 1. The molecule has 45 heavy (non-hydrogen) atoms. The van der Waals surface area contributed by atoms with E-state index in [0.717, 1.165) is 44.3 Å². The summed E-state index contributed by atoms with van der Waals surface area (Å²) in [6, 6.07) is 45.7. The fraction of sp³-hybridized carbons (Fsp3) is 0.0714. The van der Waals surface area contributed by atoms with Crippen LogP contribution in [-0.4, -0.2) is 15.0 Å². The zero-order valence-corrected chi connectivity index (χ0v) is 25.1. The van der Waals surface area contributed by atoms with Gasteiger partial charge in [0.15, 0.2) is 5.82 Å². The van der Waals surface area contributed by atoms with Gasteiger partial charge in [-0.15, -0.1) is 0 Å². The van der Waals surface area contributed by atoms with Crippen LogP contribution in [0.4, 0.5) is 0 Å². The average molecular weight is 576 g/mol. The van der Waals surface area contributed by atoms with Crippen LogP contribution in [0.25, 0.3) is 77.3 Å². The molecule has 0 amide bonds. The molecule has 3 nitrogen and oxygen atoms in total. The van der Waals surface area contributed by atoms with Gasteiger partial charge in [-0.05, 0) is 79.9 Å². The highest BCUT2D eigenvalue weighted by Crippen LogP contribution is 2.51. The second-order valence-corrected chi connectivity index (χ2v) is 12.5. The molecule has 212 valence electrons. The van der Waals surface area contributed by atoms with Gasteiger partial charge in [-0.2, -0.15) is 0 Å². The molecule has 0 radical (unpaired) electrons. The standard InChI is InChI=1S/C42H29N3/c1-42(2)37-23-29(28-15-14-26-20-21-43-25-31(26)22-28)16-18-33(37)34-19-17-30(24-38(34)42)40-36-11-5-6-13-39(36)44-41(45-40)35-12-7-9-27-8-3-4-10-32(27)35/h3-25H,1-2H3. The van der Waals surface area contributed by atoms with E-state index < -0.39 is 0 Å². The van der Waals surface area contributed by atoms with E-state index in [-0.39, 0.29) is 5.41 Å².